The summed E-state index contributed by atoms with van der Waals surface area (Å²) in [6.45, 7) is 1.31. The van der Waals surface area contributed by atoms with Crippen molar-refractivity contribution in [1.29, 1.82) is 0 Å². The first-order chi connectivity index (χ1) is 11.3. The first-order valence-corrected chi connectivity index (χ1v) is 7.25. The van der Waals surface area contributed by atoms with E-state index in [1.165, 1.54) is 13.0 Å². The summed E-state index contributed by atoms with van der Waals surface area (Å²) in [6.07, 6.45) is -5.53. The highest BCUT2D eigenvalue weighted by molar-refractivity contribution is 5.74. The molecule has 0 unspecified atom stereocenters. The number of anilines is 1. The van der Waals surface area contributed by atoms with Crippen LogP contribution < -0.4 is 5.32 Å². The van der Waals surface area contributed by atoms with Gasteiger partial charge in [0.2, 0.25) is 5.60 Å². The van der Waals surface area contributed by atoms with Crippen molar-refractivity contribution in [3.8, 4) is 0 Å². The summed E-state index contributed by atoms with van der Waals surface area (Å²) < 4.78 is 50.3. The van der Waals surface area contributed by atoms with Gasteiger partial charge in [-0.05, 0) is 31.2 Å². The summed E-state index contributed by atoms with van der Waals surface area (Å²) in [5.41, 5.74) is -1.97. The molecule has 2 heterocycles. The summed E-state index contributed by atoms with van der Waals surface area (Å²) in [4.78, 5) is 4.11. The molecule has 0 aliphatic rings. The van der Waals surface area contributed by atoms with Crippen molar-refractivity contribution < 1.29 is 27.1 Å². The Morgan fingerprint density at radius 1 is 1.12 bits per heavy atom. The summed E-state index contributed by atoms with van der Waals surface area (Å²) >= 11 is 0. The van der Waals surface area contributed by atoms with Gasteiger partial charge >= 0.3 is 6.18 Å². The van der Waals surface area contributed by atoms with E-state index in [0.29, 0.717) is 16.9 Å². The van der Waals surface area contributed by atoms with Crippen LogP contribution in [-0.4, -0.2) is 22.8 Å². The number of furan rings is 1. The lowest BCUT2D eigenvalue weighted by molar-refractivity contribution is -0.274. The van der Waals surface area contributed by atoms with Gasteiger partial charge in [0.25, 0.3) is 6.01 Å². The molecule has 3 aromatic rings. The molecule has 24 heavy (non-hydrogen) atoms. The van der Waals surface area contributed by atoms with E-state index >= 15 is 0 Å². The number of nitrogens with one attached hydrogen (secondary N) is 1. The predicted molar refractivity (Wildman–Crippen MR) is 80.5 cm³/mol. The normalized spacial score (nSPS) is 14.7. The Bertz CT molecular complexity index is 807. The van der Waals surface area contributed by atoms with Crippen molar-refractivity contribution in [2.45, 2.75) is 25.1 Å². The summed E-state index contributed by atoms with van der Waals surface area (Å²) in [5, 5.41) is 12.8. The largest absolute Gasteiger partial charge is 0.463 e. The number of hydrogen-bond acceptors (Lipinski definition) is 5. The minimum atomic E-state index is -4.87. The second kappa shape index (κ2) is 5.86. The molecule has 2 N–H and O–H groups in total. The van der Waals surface area contributed by atoms with E-state index in [-0.39, 0.29) is 12.6 Å². The Kier molecular flexibility index (Phi) is 4.00. The smallest absolute Gasteiger partial charge is 0.424 e. The number of oxazole rings is 1. The zero-order valence-corrected chi connectivity index (χ0v) is 12.7. The molecule has 0 bridgehead atoms. The summed E-state index contributed by atoms with van der Waals surface area (Å²) in [5.74, 6) is -0.244. The molecule has 2 aromatic heterocycles. The van der Waals surface area contributed by atoms with Crippen LogP contribution in [0.5, 0.6) is 0 Å². The molecule has 3 rings (SSSR count). The van der Waals surface area contributed by atoms with Gasteiger partial charge in [0, 0.05) is 13.0 Å². The third-order valence-corrected chi connectivity index (χ3v) is 3.67. The van der Waals surface area contributed by atoms with Gasteiger partial charge in [0.15, 0.2) is 5.58 Å². The van der Waals surface area contributed by atoms with Gasteiger partial charge in [-0.15, -0.1) is 0 Å². The monoisotopic (exact) mass is 340 g/mol. The maximum atomic E-state index is 13.3. The van der Waals surface area contributed by atoms with Gasteiger partial charge in [-0.2, -0.15) is 18.2 Å². The standard InChI is InChI=1S/C16H15F3N2O3/c1-10-6-7-13(23-10)15(22,16(17,18)19)8-9-20-14-21-11-4-2-3-5-12(11)24-14/h2-7,22H,8-9H2,1H3,(H,20,21)/t15-/m1/s1. The lowest BCUT2D eigenvalue weighted by Gasteiger charge is -2.28. The van der Waals surface area contributed by atoms with Gasteiger partial charge in [-0.1, -0.05) is 12.1 Å². The maximum absolute atomic E-state index is 13.3. The van der Waals surface area contributed by atoms with E-state index in [1.54, 1.807) is 24.3 Å². The highest BCUT2D eigenvalue weighted by Crippen LogP contribution is 2.42. The summed E-state index contributed by atoms with van der Waals surface area (Å²) in [6, 6.07) is 9.56. The molecule has 5 nitrogen and oxygen atoms in total. The highest BCUT2D eigenvalue weighted by atomic mass is 19.4. The number of aryl methyl sites for hydroxylation is 1. The second-order valence-electron chi connectivity index (χ2n) is 5.43. The first kappa shape index (κ1) is 16.4. The molecule has 8 heteroatoms. The van der Waals surface area contributed by atoms with Crippen molar-refractivity contribution in [2.24, 2.45) is 0 Å². The zero-order chi connectivity index (χ0) is 17.4. The van der Waals surface area contributed by atoms with Crippen LogP contribution in [0.1, 0.15) is 17.9 Å². The lowest BCUT2D eigenvalue weighted by atomic mass is 9.96. The zero-order valence-electron chi connectivity index (χ0n) is 12.7. The minimum Gasteiger partial charge on any atom is -0.463 e. The number of benzene rings is 1. The van der Waals surface area contributed by atoms with Crippen LogP contribution in [0.15, 0.2) is 45.2 Å². The number of para-hydroxylation sites is 2. The van der Waals surface area contributed by atoms with Crippen LogP contribution in [-0.2, 0) is 5.60 Å². The fourth-order valence-electron chi connectivity index (χ4n) is 2.36. The Morgan fingerprint density at radius 3 is 2.50 bits per heavy atom. The maximum Gasteiger partial charge on any atom is 0.424 e. The molecule has 0 spiro atoms. The fourth-order valence-corrected chi connectivity index (χ4v) is 2.36. The molecule has 0 aliphatic heterocycles. The molecule has 0 amide bonds. The Morgan fingerprint density at radius 2 is 1.88 bits per heavy atom. The molecule has 0 saturated carbocycles. The third-order valence-electron chi connectivity index (χ3n) is 3.67. The van der Waals surface area contributed by atoms with Crippen LogP contribution in [0.3, 0.4) is 0 Å². The number of aromatic nitrogens is 1. The van der Waals surface area contributed by atoms with Crippen LogP contribution >= 0.6 is 0 Å². The van der Waals surface area contributed by atoms with Crippen molar-refractivity contribution in [3.05, 3.63) is 47.9 Å². The number of rotatable bonds is 5. The fraction of sp³-hybridized carbons (Fsp3) is 0.312. The van der Waals surface area contributed by atoms with Crippen molar-refractivity contribution >= 4 is 17.1 Å². The first-order valence-electron chi connectivity index (χ1n) is 7.25. The van der Waals surface area contributed by atoms with Crippen LogP contribution in [0.4, 0.5) is 19.2 Å². The van der Waals surface area contributed by atoms with Gasteiger partial charge in [-0.25, -0.2) is 0 Å². The topological polar surface area (TPSA) is 71.4 Å². The van der Waals surface area contributed by atoms with E-state index in [0.717, 1.165) is 6.07 Å². The highest BCUT2D eigenvalue weighted by Gasteiger charge is 2.56. The van der Waals surface area contributed by atoms with Gasteiger partial charge < -0.3 is 19.3 Å². The molecule has 128 valence electrons. The number of alkyl halides is 3. The number of nitrogens with zero attached hydrogens (tertiary/aromatic N) is 1. The Labute approximate surface area is 135 Å². The average molecular weight is 340 g/mol. The predicted octanol–water partition coefficient (Wildman–Crippen LogP) is 3.98. The van der Waals surface area contributed by atoms with Crippen molar-refractivity contribution in [3.63, 3.8) is 0 Å². The lowest BCUT2D eigenvalue weighted by Crippen LogP contribution is -2.43. The molecule has 0 fully saturated rings. The van der Waals surface area contributed by atoms with Gasteiger partial charge in [0.1, 0.15) is 17.0 Å². The van der Waals surface area contributed by atoms with Crippen LogP contribution in [0.2, 0.25) is 0 Å². The Balaban J connectivity index is 1.74. The van der Waals surface area contributed by atoms with E-state index in [4.69, 9.17) is 8.83 Å². The quantitative estimate of drug-likeness (QED) is 0.735. The van der Waals surface area contributed by atoms with Crippen molar-refractivity contribution in [1.82, 2.24) is 4.98 Å². The SMILES string of the molecule is Cc1ccc([C@](O)(CCNc2nc3ccccc3o2)C(F)(F)F)o1. The minimum absolute atomic E-state index is 0.0938. The second-order valence-corrected chi connectivity index (χ2v) is 5.43. The van der Waals surface area contributed by atoms with E-state index < -0.39 is 24.0 Å². The molecule has 0 saturated heterocycles. The van der Waals surface area contributed by atoms with Crippen molar-refractivity contribution in [2.75, 3.05) is 11.9 Å². The molecular weight excluding hydrogens is 325 g/mol. The van der Waals surface area contributed by atoms with E-state index in [9.17, 15) is 18.3 Å². The van der Waals surface area contributed by atoms with Gasteiger partial charge in [-0.3, -0.25) is 0 Å². The van der Waals surface area contributed by atoms with Crippen LogP contribution in [0, 0.1) is 6.92 Å². The van der Waals surface area contributed by atoms with E-state index in [2.05, 4.69) is 10.3 Å². The molecule has 1 atom stereocenters. The molecule has 0 aliphatic carbocycles. The third kappa shape index (κ3) is 2.96. The number of aliphatic hydroxyl groups is 1. The van der Waals surface area contributed by atoms with Gasteiger partial charge in [0.05, 0.1) is 0 Å². The summed E-state index contributed by atoms with van der Waals surface area (Å²) in [7, 11) is 0. The molecule has 0 radical (unpaired) electrons. The number of fused-ring (bicyclic) bond motifs is 1. The van der Waals surface area contributed by atoms with Crippen LogP contribution in [0.25, 0.3) is 11.1 Å². The number of halogens is 3. The average Bonchev–Trinajstić information content (AvgIpc) is 3.11. The van der Waals surface area contributed by atoms with E-state index in [1.807, 2.05) is 0 Å². The number of hydrogen-bond donors (Lipinski definition) is 2. The molecule has 1 aromatic carbocycles. The Hall–Kier alpha value is -2.48. The molecular formula is C16H15F3N2O3.